The summed E-state index contributed by atoms with van der Waals surface area (Å²) >= 11 is 1.29. The number of carbonyl (C=O) groups is 1. The van der Waals surface area contributed by atoms with Gasteiger partial charge in [0, 0.05) is 10.9 Å². The Kier molecular flexibility index (Phi) is 5.42. The molecule has 0 bridgehead atoms. The van der Waals surface area contributed by atoms with Crippen molar-refractivity contribution in [2.45, 2.75) is 0 Å². The van der Waals surface area contributed by atoms with Crippen LogP contribution in [-0.4, -0.2) is 18.0 Å². The monoisotopic (exact) mass is 361 g/mol. The van der Waals surface area contributed by atoms with Gasteiger partial charge >= 0.3 is 0 Å². The summed E-state index contributed by atoms with van der Waals surface area (Å²) in [5.41, 5.74) is 2.35. The lowest BCUT2D eigenvalue weighted by atomic mass is 10.1. The molecule has 0 aliphatic carbocycles. The molecule has 0 aliphatic rings. The van der Waals surface area contributed by atoms with E-state index >= 15 is 0 Å². The first-order valence-corrected chi connectivity index (χ1v) is 8.66. The van der Waals surface area contributed by atoms with Crippen LogP contribution in [0, 0.1) is 11.3 Å². The molecule has 0 saturated carbocycles. The highest BCUT2D eigenvalue weighted by Crippen LogP contribution is 2.31. The van der Waals surface area contributed by atoms with E-state index in [0.29, 0.717) is 16.6 Å². The van der Waals surface area contributed by atoms with Crippen molar-refractivity contribution in [3.8, 4) is 23.1 Å². The van der Waals surface area contributed by atoms with E-state index < -0.39 is 5.91 Å². The summed E-state index contributed by atoms with van der Waals surface area (Å²) < 4.78 is 5.34. The van der Waals surface area contributed by atoms with Crippen LogP contribution in [0.3, 0.4) is 0 Å². The highest BCUT2D eigenvalue weighted by atomic mass is 32.1. The van der Waals surface area contributed by atoms with E-state index in [1.807, 2.05) is 66.0 Å². The number of amides is 1. The Morgan fingerprint density at radius 2 is 1.92 bits per heavy atom. The van der Waals surface area contributed by atoms with Gasteiger partial charge in [-0.05, 0) is 23.8 Å². The molecule has 6 heteroatoms. The van der Waals surface area contributed by atoms with Crippen molar-refractivity contribution in [1.29, 1.82) is 5.26 Å². The van der Waals surface area contributed by atoms with Gasteiger partial charge in [0.2, 0.25) is 0 Å². The van der Waals surface area contributed by atoms with Crippen molar-refractivity contribution in [3.05, 3.63) is 71.1 Å². The first-order valence-electron chi connectivity index (χ1n) is 7.78. The lowest BCUT2D eigenvalue weighted by molar-refractivity contribution is -0.112. The van der Waals surface area contributed by atoms with Gasteiger partial charge < -0.3 is 4.74 Å². The number of hydrogen-bond donors (Lipinski definition) is 1. The number of nitriles is 1. The van der Waals surface area contributed by atoms with E-state index in [9.17, 15) is 10.1 Å². The first-order chi connectivity index (χ1) is 12.7. The number of benzene rings is 2. The Morgan fingerprint density at radius 3 is 2.65 bits per heavy atom. The number of nitrogens with one attached hydrogen (secondary N) is 1. The molecule has 1 amide bonds. The van der Waals surface area contributed by atoms with Gasteiger partial charge in [-0.2, -0.15) is 5.26 Å². The molecule has 0 spiro atoms. The molecule has 0 fully saturated rings. The largest absolute Gasteiger partial charge is 0.496 e. The predicted octanol–water partition coefficient (Wildman–Crippen LogP) is 4.36. The van der Waals surface area contributed by atoms with Gasteiger partial charge in [-0.25, -0.2) is 4.98 Å². The van der Waals surface area contributed by atoms with E-state index in [-0.39, 0.29) is 5.57 Å². The number of ether oxygens (including phenoxy) is 1. The van der Waals surface area contributed by atoms with E-state index in [2.05, 4.69) is 10.3 Å². The number of thiazole rings is 1. The van der Waals surface area contributed by atoms with Crippen molar-refractivity contribution in [3.63, 3.8) is 0 Å². The molecule has 1 heterocycles. The van der Waals surface area contributed by atoms with E-state index in [0.717, 1.165) is 11.1 Å². The molecule has 1 aromatic heterocycles. The summed E-state index contributed by atoms with van der Waals surface area (Å²) in [6.45, 7) is 0. The third-order valence-electron chi connectivity index (χ3n) is 3.58. The van der Waals surface area contributed by atoms with Crippen LogP contribution in [0.4, 0.5) is 5.13 Å². The molecule has 5 nitrogen and oxygen atoms in total. The van der Waals surface area contributed by atoms with Crippen molar-refractivity contribution in [2.24, 2.45) is 0 Å². The molecule has 128 valence electrons. The zero-order valence-corrected chi connectivity index (χ0v) is 14.8. The maximum atomic E-state index is 12.4. The third-order valence-corrected chi connectivity index (χ3v) is 4.34. The molecule has 0 aliphatic heterocycles. The second kappa shape index (κ2) is 8.10. The van der Waals surface area contributed by atoms with Gasteiger partial charge in [0.25, 0.3) is 5.91 Å². The summed E-state index contributed by atoms with van der Waals surface area (Å²) in [5.74, 6) is 0.217. The highest BCUT2D eigenvalue weighted by Gasteiger charge is 2.14. The van der Waals surface area contributed by atoms with Crippen molar-refractivity contribution >= 4 is 28.5 Å². The van der Waals surface area contributed by atoms with E-state index in [1.165, 1.54) is 11.3 Å². The molecule has 1 N–H and O–H groups in total. The lowest BCUT2D eigenvalue weighted by Gasteiger charge is -2.05. The summed E-state index contributed by atoms with van der Waals surface area (Å²) in [4.78, 5) is 16.8. The molecule has 26 heavy (non-hydrogen) atoms. The van der Waals surface area contributed by atoms with Crippen LogP contribution in [0.15, 0.2) is 65.6 Å². The Morgan fingerprint density at radius 1 is 1.19 bits per heavy atom. The minimum Gasteiger partial charge on any atom is -0.496 e. The molecule has 2 aromatic carbocycles. The van der Waals surface area contributed by atoms with E-state index in [1.54, 1.807) is 13.2 Å². The fourth-order valence-corrected chi connectivity index (χ4v) is 3.05. The summed E-state index contributed by atoms with van der Waals surface area (Å²) in [7, 11) is 1.60. The van der Waals surface area contributed by atoms with Gasteiger partial charge in [0.05, 0.1) is 12.8 Å². The summed E-state index contributed by atoms with van der Waals surface area (Å²) in [6, 6.07) is 18.7. The quantitative estimate of drug-likeness (QED) is 0.541. The van der Waals surface area contributed by atoms with Crippen molar-refractivity contribution in [2.75, 3.05) is 12.4 Å². The highest BCUT2D eigenvalue weighted by molar-refractivity contribution is 7.14. The number of hydrogen-bond acceptors (Lipinski definition) is 5. The zero-order chi connectivity index (χ0) is 18.4. The number of methoxy groups -OCH3 is 1. The fourth-order valence-electron chi connectivity index (χ4n) is 2.34. The van der Waals surface area contributed by atoms with Crippen LogP contribution in [-0.2, 0) is 4.79 Å². The smallest absolute Gasteiger partial charge is 0.268 e. The van der Waals surface area contributed by atoms with Crippen LogP contribution >= 0.6 is 11.3 Å². The average molecular weight is 361 g/mol. The van der Waals surface area contributed by atoms with Gasteiger partial charge in [-0.15, -0.1) is 11.3 Å². The molecule has 0 atom stereocenters. The molecule has 3 aromatic rings. The minimum absolute atomic E-state index is 0.0187. The van der Waals surface area contributed by atoms with Gasteiger partial charge in [-0.3, -0.25) is 10.1 Å². The maximum absolute atomic E-state index is 12.4. The van der Waals surface area contributed by atoms with Gasteiger partial charge in [0.1, 0.15) is 17.4 Å². The maximum Gasteiger partial charge on any atom is 0.268 e. The zero-order valence-electron chi connectivity index (χ0n) is 14.0. The SMILES string of the molecule is COc1ccccc1-c1csc(NC(=O)/C(C#N)=C/c2ccccc2)n1. The first kappa shape index (κ1) is 17.4. The topological polar surface area (TPSA) is 75.0 Å². The van der Waals surface area contributed by atoms with Crippen molar-refractivity contribution in [1.82, 2.24) is 4.98 Å². The van der Waals surface area contributed by atoms with Crippen LogP contribution < -0.4 is 10.1 Å². The van der Waals surface area contributed by atoms with Gasteiger partial charge in [-0.1, -0.05) is 42.5 Å². The minimum atomic E-state index is -0.489. The Hall–Kier alpha value is -3.43. The lowest BCUT2D eigenvalue weighted by Crippen LogP contribution is -2.13. The normalized spacial score (nSPS) is 10.8. The Bertz CT molecular complexity index is 988. The second-order valence-corrected chi connectivity index (χ2v) is 6.13. The Balaban J connectivity index is 1.79. The van der Waals surface area contributed by atoms with E-state index in [4.69, 9.17) is 4.74 Å². The number of anilines is 1. The number of rotatable bonds is 5. The number of para-hydroxylation sites is 1. The van der Waals surface area contributed by atoms with Crippen LogP contribution in [0.25, 0.3) is 17.3 Å². The number of aromatic nitrogens is 1. The molecule has 0 radical (unpaired) electrons. The summed E-state index contributed by atoms with van der Waals surface area (Å²) in [5, 5.41) is 14.2. The fraction of sp³-hybridized carbons (Fsp3) is 0.0500. The third kappa shape index (κ3) is 3.97. The van der Waals surface area contributed by atoms with Crippen LogP contribution in [0.2, 0.25) is 0 Å². The Labute approximate surface area is 155 Å². The number of nitrogens with zero attached hydrogens (tertiary/aromatic N) is 2. The summed E-state index contributed by atoms with van der Waals surface area (Å²) in [6.07, 6.45) is 1.55. The molecular formula is C20H15N3O2S. The molecule has 3 rings (SSSR count). The predicted molar refractivity (Wildman–Crippen MR) is 103 cm³/mol. The van der Waals surface area contributed by atoms with Crippen LogP contribution in [0.1, 0.15) is 5.56 Å². The van der Waals surface area contributed by atoms with Crippen molar-refractivity contribution < 1.29 is 9.53 Å². The second-order valence-electron chi connectivity index (χ2n) is 5.27. The average Bonchev–Trinajstić information content (AvgIpc) is 3.15. The standard InChI is InChI=1S/C20H15N3O2S/c1-25-18-10-6-5-9-16(18)17-13-26-20(22-17)23-19(24)15(12-21)11-14-7-3-2-4-8-14/h2-11,13H,1H3,(H,22,23,24)/b15-11+. The van der Waals surface area contributed by atoms with Gasteiger partial charge in [0.15, 0.2) is 5.13 Å². The van der Waals surface area contributed by atoms with Crippen LogP contribution in [0.5, 0.6) is 5.75 Å². The molecular weight excluding hydrogens is 346 g/mol. The number of carbonyl (C=O) groups excluding carboxylic acids is 1. The molecule has 0 unspecified atom stereocenters. The molecule has 0 saturated heterocycles.